The van der Waals surface area contributed by atoms with E-state index < -0.39 is 43.1 Å². The number of hydrogen-bond acceptors (Lipinski definition) is 8. The lowest BCUT2D eigenvalue weighted by atomic mass is 9.98. The quantitative estimate of drug-likeness (QED) is 0.513. The third-order valence-electron chi connectivity index (χ3n) is 5.49. The van der Waals surface area contributed by atoms with Crippen LogP contribution in [-0.4, -0.2) is 66.8 Å². The van der Waals surface area contributed by atoms with Crippen LogP contribution < -0.4 is 5.32 Å². The second-order valence-electron chi connectivity index (χ2n) is 7.91. The van der Waals surface area contributed by atoms with Gasteiger partial charge in [0.1, 0.15) is 31.0 Å². The van der Waals surface area contributed by atoms with Gasteiger partial charge in [-0.25, -0.2) is 4.79 Å². The average molecular weight is 459 g/mol. The molecule has 6 atom stereocenters. The highest BCUT2D eigenvalue weighted by atomic mass is 16.8. The molecule has 1 amide bonds. The van der Waals surface area contributed by atoms with Crippen molar-refractivity contribution in [2.24, 2.45) is 0 Å². The third-order valence-corrected chi connectivity index (χ3v) is 5.49. The van der Waals surface area contributed by atoms with Crippen LogP contribution in [-0.2, 0) is 30.3 Å². The maximum atomic E-state index is 11.8. The highest BCUT2D eigenvalue weighted by Crippen LogP contribution is 2.34. The number of hydrogen-bond donors (Lipinski definition) is 3. The van der Waals surface area contributed by atoms with Crippen molar-refractivity contribution < 1.29 is 38.7 Å². The molecule has 9 nitrogen and oxygen atoms in total. The van der Waals surface area contributed by atoms with Crippen molar-refractivity contribution in [3.63, 3.8) is 0 Å². The molecule has 2 aromatic rings. The highest BCUT2D eigenvalue weighted by molar-refractivity contribution is 5.67. The van der Waals surface area contributed by atoms with E-state index in [0.717, 1.165) is 11.1 Å². The molecule has 0 saturated carbocycles. The van der Waals surface area contributed by atoms with E-state index in [2.05, 4.69) is 5.32 Å². The molecule has 0 aromatic heterocycles. The normalized spacial score (nSPS) is 29.2. The van der Waals surface area contributed by atoms with E-state index in [1.54, 1.807) is 0 Å². The molecule has 2 saturated heterocycles. The molecule has 0 aliphatic carbocycles. The molecule has 2 aromatic carbocycles. The van der Waals surface area contributed by atoms with E-state index in [0.29, 0.717) is 13.0 Å². The minimum Gasteiger partial charge on any atom is -0.445 e. The third kappa shape index (κ3) is 6.29. The van der Waals surface area contributed by atoms with Gasteiger partial charge in [-0.3, -0.25) is 0 Å². The molecule has 0 spiro atoms. The molecular weight excluding hydrogens is 430 g/mol. The predicted octanol–water partition coefficient (Wildman–Crippen LogP) is 1.88. The van der Waals surface area contributed by atoms with E-state index in [9.17, 15) is 15.0 Å². The summed E-state index contributed by atoms with van der Waals surface area (Å²) in [6.07, 6.45) is -5.47. The SMILES string of the molecule is O=C(NCCCO[C@@H]1O[C@@H]2COC(c3ccccc3)O[C@@H]2[C@H](O)[C@H]1O)OCc1ccccc1. The molecule has 2 aliphatic rings. The van der Waals surface area contributed by atoms with Crippen LogP contribution in [0.2, 0.25) is 0 Å². The molecule has 3 N–H and O–H groups in total. The van der Waals surface area contributed by atoms with Gasteiger partial charge in [0.25, 0.3) is 0 Å². The van der Waals surface area contributed by atoms with Crippen LogP contribution in [0.25, 0.3) is 0 Å². The molecule has 178 valence electrons. The zero-order chi connectivity index (χ0) is 23.0. The molecule has 2 aliphatic heterocycles. The van der Waals surface area contributed by atoms with Crippen molar-refractivity contribution in [1.82, 2.24) is 5.32 Å². The van der Waals surface area contributed by atoms with Gasteiger partial charge in [-0.15, -0.1) is 0 Å². The van der Waals surface area contributed by atoms with Crippen molar-refractivity contribution in [2.75, 3.05) is 19.8 Å². The minimum atomic E-state index is -1.27. The van der Waals surface area contributed by atoms with Crippen molar-refractivity contribution in [3.05, 3.63) is 71.8 Å². The van der Waals surface area contributed by atoms with Crippen LogP contribution in [0, 0.1) is 0 Å². The molecular formula is C24H29NO8. The summed E-state index contributed by atoms with van der Waals surface area (Å²) in [4.78, 5) is 11.8. The Kier molecular flexibility index (Phi) is 8.27. The van der Waals surface area contributed by atoms with Crippen molar-refractivity contribution in [1.29, 1.82) is 0 Å². The summed E-state index contributed by atoms with van der Waals surface area (Å²) in [5.41, 5.74) is 1.73. The van der Waals surface area contributed by atoms with Crippen molar-refractivity contribution in [3.8, 4) is 0 Å². The summed E-state index contributed by atoms with van der Waals surface area (Å²) in [6.45, 7) is 0.929. The average Bonchev–Trinajstić information content (AvgIpc) is 2.86. The zero-order valence-corrected chi connectivity index (χ0v) is 18.1. The standard InChI is InChI=1S/C24H29NO8/c26-19-20(27)23(29-13-7-12-25-24(28)31-14-16-8-3-1-4-9-16)32-18-15-30-22(33-21(18)19)17-10-5-2-6-11-17/h1-6,8-11,18-23,26-27H,7,12-15H2,(H,25,28)/t18-,19-,20-,21+,22?,23-/m1/s1. The Balaban J connectivity index is 1.16. The van der Waals surface area contributed by atoms with Crippen molar-refractivity contribution in [2.45, 2.75) is 50.0 Å². The Bertz CT molecular complexity index is 865. The summed E-state index contributed by atoms with van der Waals surface area (Å²) in [5.74, 6) is 0. The second kappa shape index (κ2) is 11.6. The van der Waals surface area contributed by atoms with Crippen molar-refractivity contribution >= 4 is 6.09 Å². The van der Waals surface area contributed by atoms with Crippen LogP contribution in [0.5, 0.6) is 0 Å². The van der Waals surface area contributed by atoms with E-state index in [4.69, 9.17) is 23.7 Å². The summed E-state index contributed by atoms with van der Waals surface area (Å²) in [6, 6.07) is 18.8. The number of fused-ring (bicyclic) bond motifs is 1. The number of aliphatic hydroxyl groups excluding tert-OH is 2. The number of rotatable bonds is 8. The summed E-state index contributed by atoms with van der Waals surface area (Å²) < 4.78 is 28.1. The maximum Gasteiger partial charge on any atom is 0.407 e. The molecule has 1 unspecified atom stereocenters. The number of ether oxygens (including phenoxy) is 5. The predicted molar refractivity (Wildman–Crippen MR) is 116 cm³/mol. The molecule has 9 heteroatoms. The van der Waals surface area contributed by atoms with E-state index in [1.807, 2.05) is 60.7 Å². The molecule has 2 heterocycles. The first-order valence-corrected chi connectivity index (χ1v) is 11.0. The first-order valence-electron chi connectivity index (χ1n) is 11.0. The Morgan fingerprint density at radius 2 is 1.73 bits per heavy atom. The number of amides is 1. The maximum absolute atomic E-state index is 11.8. The first-order chi connectivity index (χ1) is 16.1. The lowest BCUT2D eigenvalue weighted by Gasteiger charge is -2.46. The number of benzene rings is 2. The number of carbonyl (C=O) groups is 1. The fourth-order valence-electron chi connectivity index (χ4n) is 3.73. The van der Waals surface area contributed by atoms with Crippen LogP contribution in [0.1, 0.15) is 23.8 Å². The van der Waals surface area contributed by atoms with Crippen LogP contribution >= 0.6 is 0 Å². The van der Waals surface area contributed by atoms with Crippen LogP contribution in [0.3, 0.4) is 0 Å². The highest BCUT2D eigenvalue weighted by Gasteiger charge is 2.49. The topological polar surface area (TPSA) is 116 Å². The van der Waals surface area contributed by atoms with Crippen LogP contribution in [0.15, 0.2) is 60.7 Å². The molecule has 0 bridgehead atoms. The number of nitrogens with one attached hydrogen (secondary N) is 1. The van der Waals surface area contributed by atoms with E-state index >= 15 is 0 Å². The first kappa shape index (κ1) is 23.6. The summed E-state index contributed by atoms with van der Waals surface area (Å²) in [5, 5.41) is 23.7. The monoisotopic (exact) mass is 459 g/mol. The van der Waals surface area contributed by atoms with Crippen LogP contribution in [0.4, 0.5) is 4.79 Å². The molecule has 0 radical (unpaired) electrons. The fourth-order valence-corrected chi connectivity index (χ4v) is 3.73. The number of alkyl carbamates (subject to hydrolysis) is 1. The van der Waals surface area contributed by atoms with Gasteiger partial charge in [0, 0.05) is 12.1 Å². The largest absolute Gasteiger partial charge is 0.445 e. The summed E-state index contributed by atoms with van der Waals surface area (Å²) in [7, 11) is 0. The Hall–Kier alpha value is -2.53. The van der Waals surface area contributed by atoms with Gasteiger partial charge in [-0.2, -0.15) is 0 Å². The Labute approximate surface area is 192 Å². The van der Waals surface area contributed by atoms with E-state index in [-0.39, 0.29) is 19.8 Å². The lowest BCUT2D eigenvalue weighted by Crippen LogP contribution is -2.62. The molecule has 33 heavy (non-hydrogen) atoms. The number of aliphatic hydroxyl groups is 2. The van der Waals surface area contributed by atoms with Gasteiger partial charge in [0.2, 0.25) is 0 Å². The summed E-state index contributed by atoms with van der Waals surface area (Å²) >= 11 is 0. The zero-order valence-electron chi connectivity index (χ0n) is 18.1. The van der Waals surface area contributed by atoms with Gasteiger partial charge in [0.15, 0.2) is 12.6 Å². The minimum absolute atomic E-state index is 0.195. The molecule has 2 fully saturated rings. The molecule has 4 rings (SSSR count). The smallest absolute Gasteiger partial charge is 0.407 e. The Morgan fingerprint density at radius 1 is 1.00 bits per heavy atom. The van der Waals surface area contributed by atoms with Gasteiger partial charge >= 0.3 is 6.09 Å². The lowest BCUT2D eigenvalue weighted by molar-refractivity contribution is -0.361. The van der Waals surface area contributed by atoms with Gasteiger partial charge < -0.3 is 39.2 Å². The van der Waals surface area contributed by atoms with Gasteiger partial charge in [0.05, 0.1) is 13.2 Å². The van der Waals surface area contributed by atoms with E-state index in [1.165, 1.54) is 0 Å². The van der Waals surface area contributed by atoms with Gasteiger partial charge in [-0.05, 0) is 12.0 Å². The number of carbonyl (C=O) groups excluding carboxylic acids is 1. The Morgan fingerprint density at radius 3 is 2.48 bits per heavy atom. The fraction of sp³-hybridized carbons (Fsp3) is 0.458. The van der Waals surface area contributed by atoms with Gasteiger partial charge in [-0.1, -0.05) is 60.7 Å². The second-order valence-corrected chi connectivity index (χ2v) is 7.91.